The molecule has 162 valence electrons. The average Bonchev–Trinajstić information content (AvgIpc) is 3.09. The number of thioether (sulfide) groups is 1. The number of carbonyl (C=O) groups excluding carboxylic acids is 3. The molecule has 1 aliphatic rings. The van der Waals surface area contributed by atoms with E-state index in [4.69, 9.17) is 4.74 Å². The molecule has 4 rings (SSSR count). The van der Waals surface area contributed by atoms with Gasteiger partial charge < -0.3 is 10.1 Å². The zero-order valence-corrected chi connectivity index (χ0v) is 18.4. The van der Waals surface area contributed by atoms with Gasteiger partial charge in [-0.2, -0.15) is 4.48 Å². The maximum atomic E-state index is 13.7. The summed E-state index contributed by atoms with van der Waals surface area (Å²) in [5.41, 5.74) is 2.33. The van der Waals surface area contributed by atoms with Crippen LogP contribution in [0.2, 0.25) is 0 Å². The van der Waals surface area contributed by atoms with Gasteiger partial charge >= 0.3 is 17.2 Å². The first-order valence-corrected chi connectivity index (χ1v) is 11.0. The Balaban J connectivity index is 1.57. The van der Waals surface area contributed by atoms with Crippen molar-refractivity contribution in [3.63, 3.8) is 0 Å². The number of carbonyl (C=O) groups is 3. The molecule has 1 N–H and O–H groups in total. The minimum absolute atomic E-state index is 0.0860. The fraction of sp³-hybridized carbons (Fsp3) is 0.160. The van der Waals surface area contributed by atoms with E-state index in [1.54, 1.807) is 19.2 Å². The molecule has 0 aromatic heterocycles. The topological polar surface area (TPSA) is 72.5 Å². The highest BCUT2D eigenvalue weighted by atomic mass is 32.2. The standard InChI is InChI=1S/C25H22N2O4S/c1-27(21-14-8-9-15-22(21)32-25(27)30)23(28)20(16-18-10-4-2-5-11-18)26-24(29)31-17-19-12-6-3-7-13-19/h2-15,20H,16-17H2,1H3/p+1/t20-,27?/m0/s1. The molecule has 0 spiro atoms. The smallest absolute Gasteiger partial charge is 0.408 e. The van der Waals surface area contributed by atoms with Crippen LogP contribution in [-0.4, -0.2) is 30.3 Å². The molecule has 0 aliphatic carbocycles. The lowest BCUT2D eigenvalue weighted by atomic mass is 10.0. The number of rotatable bonds is 6. The van der Waals surface area contributed by atoms with Gasteiger partial charge in [0.15, 0.2) is 11.7 Å². The van der Waals surface area contributed by atoms with E-state index in [9.17, 15) is 14.4 Å². The predicted molar refractivity (Wildman–Crippen MR) is 124 cm³/mol. The zero-order chi connectivity index (χ0) is 22.6. The van der Waals surface area contributed by atoms with Gasteiger partial charge in [-0.3, -0.25) is 0 Å². The van der Waals surface area contributed by atoms with Crippen molar-refractivity contribution in [1.82, 2.24) is 9.80 Å². The Morgan fingerprint density at radius 3 is 2.19 bits per heavy atom. The Kier molecular flexibility index (Phi) is 6.39. The third-order valence-electron chi connectivity index (χ3n) is 5.44. The van der Waals surface area contributed by atoms with E-state index in [0.29, 0.717) is 5.69 Å². The molecule has 2 atom stereocenters. The average molecular weight is 448 g/mol. The number of para-hydroxylation sites is 1. The van der Waals surface area contributed by atoms with E-state index < -0.39 is 22.5 Å². The number of hydrogen-bond acceptors (Lipinski definition) is 5. The lowest BCUT2D eigenvalue weighted by Crippen LogP contribution is -2.60. The van der Waals surface area contributed by atoms with Crippen LogP contribution in [0.5, 0.6) is 0 Å². The lowest BCUT2D eigenvalue weighted by Gasteiger charge is -2.28. The van der Waals surface area contributed by atoms with Crippen LogP contribution < -0.4 is 9.80 Å². The molecule has 3 aromatic rings. The SMILES string of the molecule is C[N+]1(C(=O)[C@H](Cc2ccccc2)NC(=O)OCc2ccccc2)C(=O)Sc2ccccc21. The fourth-order valence-corrected chi connectivity index (χ4v) is 4.73. The Labute approximate surface area is 190 Å². The highest BCUT2D eigenvalue weighted by Crippen LogP contribution is 2.44. The van der Waals surface area contributed by atoms with Crippen molar-refractivity contribution in [3.05, 3.63) is 96.1 Å². The third-order valence-corrected chi connectivity index (χ3v) is 6.54. The number of ether oxygens (including phenoxy) is 1. The second-order valence-corrected chi connectivity index (χ2v) is 8.62. The van der Waals surface area contributed by atoms with Gasteiger partial charge in [0.1, 0.15) is 6.61 Å². The number of alkyl carbamates (subject to hydrolysis) is 1. The van der Waals surface area contributed by atoms with Gasteiger partial charge in [-0.1, -0.05) is 72.8 Å². The maximum Gasteiger partial charge on any atom is 0.408 e. The number of likely N-dealkylation sites (N-methyl/N-ethyl adjacent to an activating group) is 1. The predicted octanol–water partition coefficient (Wildman–Crippen LogP) is 4.91. The highest BCUT2D eigenvalue weighted by Gasteiger charge is 2.53. The van der Waals surface area contributed by atoms with Crippen molar-refractivity contribution in [3.8, 4) is 0 Å². The first kappa shape index (κ1) is 21.8. The van der Waals surface area contributed by atoms with Crippen molar-refractivity contribution in [2.24, 2.45) is 0 Å². The van der Waals surface area contributed by atoms with Gasteiger partial charge in [0.2, 0.25) is 0 Å². The van der Waals surface area contributed by atoms with E-state index >= 15 is 0 Å². The number of nitrogens with zero attached hydrogens (tertiary/aromatic N) is 1. The van der Waals surface area contributed by atoms with Crippen molar-refractivity contribution in [1.29, 1.82) is 0 Å². The second kappa shape index (κ2) is 9.38. The third kappa shape index (κ3) is 4.44. The zero-order valence-electron chi connectivity index (χ0n) is 17.6. The van der Waals surface area contributed by atoms with Gasteiger partial charge in [0.25, 0.3) is 0 Å². The number of benzene rings is 3. The highest BCUT2D eigenvalue weighted by molar-refractivity contribution is 8.14. The Hall–Kier alpha value is -3.42. The van der Waals surface area contributed by atoms with Crippen LogP contribution in [0.25, 0.3) is 0 Å². The summed E-state index contributed by atoms with van der Waals surface area (Å²) >= 11 is 1.04. The van der Waals surface area contributed by atoms with Crippen LogP contribution in [-0.2, 0) is 22.6 Å². The minimum atomic E-state index is -0.943. The molecule has 32 heavy (non-hydrogen) atoms. The lowest BCUT2D eigenvalue weighted by molar-refractivity contribution is -0.128. The van der Waals surface area contributed by atoms with Crippen LogP contribution in [0.1, 0.15) is 11.1 Å². The molecule has 3 amide bonds. The van der Waals surface area contributed by atoms with Crippen molar-refractivity contribution in [2.75, 3.05) is 7.05 Å². The van der Waals surface area contributed by atoms with Gasteiger partial charge in [-0.05, 0) is 17.2 Å². The molecule has 0 saturated heterocycles. The van der Waals surface area contributed by atoms with E-state index in [1.807, 2.05) is 72.8 Å². The largest absolute Gasteiger partial charge is 0.445 e. The van der Waals surface area contributed by atoms with Crippen molar-refractivity contribution >= 4 is 34.7 Å². The summed E-state index contributed by atoms with van der Waals surface area (Å²) in [5, 5.41) is 2.40. The second-order valence-electron chi connectivity index (χ2n) is 7.63. The summed E-state index contributed by atoms with van der Waals surface area (Å²) in [6.07, 6.45) is -0.462. The number of fused-ring (bicyclic) bond motifs is 1. The number of hydrogen-bond donors (Lipinski definition) is 1. The molecule has 0 fully saturated rings. The first-order chi connectivity index (χ1) is 15.5. The maximum absolute atomic E-state index is 13.7. The van der Waals surface area contributed by atoms with Crippen molar-refractivity contribution in [2.45, 2.75) is 24.0 Å². The van der Waals surface area contributed by atoms with E-state index in [-0.39, 0.29) is 18.3 Å². The van der Waals surface area contributed by atoms with Crippen LogP contribution in [0.15, 0.2) is 89.8 Å². The summed E-state index contributed by atoms with van der Waals surface area (Å²) in [6.45, 7) is 0.0860. The number of amides is 3. The van der Waals surface area contributed by atoms with Crippen LogP contribution in [0, 0.1) is 0 Å². The molecule has 0 bridgehead atoms. The van der Waals surface area contributed by atoms with Gasteiger partial charge in [-0.25, -0.2) is 14.4 Å². The molecule has 1 heterocycles. The Morgan fingerprint density at radius 1 is 0.906 bits per heavy atom. The Morgan fingerprint density at radius 2 is 1.50 bits per heavy atom. The molecule has 0 saturated carbocycles. The van der Waals surface area contributed by atoms with Crippen molar-refractivity contribution < 1.29 is 19.1 Å². The molecule has 7 heteroatoms. The Bertz CT molecular complexity index is 1140. The molecule has 1 aliphatic heterocycles. The molecular weight excluding hydrogens is 424 g/mol. The summed E-state index contributed by atoms with van der Waals surface area (Å²) in [7, 11) is 1.58. The summed E-state index contributed by atoms with van der Waals surface area (Å²) in [5.74, 6) is -0.409. The van der Waals surface area contributed by atoms with Gasteiger partial charge in [0.05, 0.1) is 11.9 Å². The quantitative estimate of drug-likeness (QED) is 0.544. The minimum Gasteiger partial charge on any atom is -0.445 e. The summed E-state index contributed by atoms with van der Waals surface area (Å²) in [4.78, 5) is 40.0. The van der Waals surface area contributed by atoms with E-state index in [2.05, 4.69) is 5.32 Å². The van der Waals surface area contributed by atoms with Crippen LogP contribution >= 0.6 is 11.8 Å². The molecule has 0 radical (unpaired) electrons. The summed E-state index contributed by atoms with van der Waals surface area (Å²) in [6, 6.07) is 25.0. The van der Waals surface area contributed by atoms with E-state index in [1.165, 1.54) is 0 Å². The molecule has 3 aromatic carbocycles. The van der Waals surface area contributed by atoms with Gasteiger partial charge in [-0.15, -0.1) is 0 Å². The first-order valence-electron chi connectivity index (χ1n) is 10.2. The van der Waals surface area contributed by atoms with E-state index in [0.717, 1.165) is 27.8 Å². The number of nitrogens with one attached hydrogen (secondary N) is 1. The molecular formula is C25H23N2O4S+. The molecule has 1 unspecified atom stereocenters. The summed E-state index contributed by atoms with van der Waals surface area (Å²) < 4.78 is 4.82. The number of imide groups is 1. The number of quaternary nitrogens is 1. The normalized spacial score (nSPS) is 18.0. The van der Waals surface area contributed by atoms with Gasteiger partial charge in [0, 0.05) is 24.2 Å². The van der Waals surface area contributed by atoms with Crippen LogP contribution in [0.4, 0.5) is 15.3 Å². The monoisotopic (exact) mass is 447 g/mol. The van der Waals surface area contributed by atoms with Crippen LogP contribution in [0.3, 0.4) is 0 Å². The fourth-order valence-electron chi connectivity index (χ4n) is 3.67. The molecule has 6 nitrogen and oxygen atoms in total.